The van der Waals surface area contributed by atoms with E-state index in [0.29, 0.717) is 19.7 Å². The molecule has 160 valence electrons. The molecule has 0 radical (unpaired) electrons. The molecular formula is C18H34IN7O2. The minimum absolute atomic E-state index is 0. The second-order valence-corrected chi connectivity index (χ2v) is 7.71. The Hall–Kier alpha value is -1.43. The zero-order valence-electron chi connectivity index (χ0n) is 17.5. The lowest BCUT2D eigenvalue weighted by atomic mass is 9.96. The molecular weight excluding hydrogens is 473 g/mol. The topological polar surface area (TPSA) is 105 Å². The van der Waals surface area contributed by atoms with E-state index in [1.165, 1.54) is 0 Å². The smallest absolute Gasteiger partial charge is 0.225 e. The van der Waals surface area contributed by atoms with Crippen molar-refractivity contribution in [3.8, 4) is 0 Å². The Morgan fingerprint density at radius 1 is 1.36 bits per heavy atom. The van der Waals surface area contributed by atoms with Crippen LogP contribution in [0.15, 0.2) is 4.99 Å². The summed E-state index contributed by atoms with van der Waals surface area (Å²) in [5, 5.41) is 14.1. The van der Waals surface area contributed by atoms with E-state index in [2.05, 4.69) is 31.0 Å². The van der Waals surface area contributed by atoms with Gasteiger partial charge in [-0.25, -0.2) is 9.67 Å². The van der Waals surface area contributed by atoms with Crippen molar-refractivity contribution < 1.29 is 9.53 Å². The Kier molecular flexibility index (Phi) is 10.1. The van der Waals surface area contributed by atoms with Crippen molar-refractivity contribution in [2.45, 2.75) is 59.7 Å². The largest absolute Gasteiger partial charge is 0.377 e. The van der Waals surface area contributed by atoms with Gasteiger partial charge in [0.1, 0.15) is 12.4 Å². The first-order chi connectivity index (χ1) is 12.8. The van der Waals surface area contributed by atoms with Gasteiger partial charge in [0, 0.05) is 38.1 Å². The van der Waals surface area contributed by atoms with Gasteiger partial charge in [-0.05, 0) is 13.3 Å². The number of aromatic nitrogens is 3. The highest BCUT2D eigenvalue weighted by molar-refractivity contribution is 14.0. The highest BCUT2D eigenvalue weighted by Gasteiger charge is 2.22. The van der Waals surface area contributed by atoms with E-state index in [0.717, 1.165) is 43.5 Å². The molecule has 0 aliphatic carbocycles. The van der Waals surface area contributed by atoms with Crippen LogP contribution in [0, 0.1) is 5.41 Å². The molecule has 1 amide bonds. The quantitative estimate of drug-likeness (QED) is 0.221. The van der Waals surface area contributed by atoms with Gasteiger partial charge in [-0.2, -0.15) is 5.10 Å². The van der Waals surface area contributed by atoms with E-state index in [1.54, 1.807) is 7.11 Å². The number of hydrogen-bond acceptors (Lipinski definition) is 5. The van der Waals surface area contributed by atoms with Gasteiger partial charge in [0.15, 0.2) is 11.8 Å². The van der Waals surface area contributed by atoms with Crippen molar-refractivity contribution in [2.24, 2.45) is 10.4 Å². The van der Waals surface area contributed by atoms with Gasteiger partial charge in [0.25, 0.3) is 0 Å². The third kappa shape index (κ3) is 7.53. The molecule has 1 aliphatic rings. The fraction of sp³-hybridized carbons (Fsp3) is 0.778. The van der Waals surface area contributed by atoms with Crippen LogP contribution in [0.1, 0.15) is 45.8 Å². The second-order valence-electron chi connectivity index (χ2n) is 7.71. The Bertz CT molecular complexity index is 655. The third-order valence-corrected chi connectivity index (χ3v) is 4.21. The molecule has 1 aromatic heterocycles. The van der Waals surface area contributed by atoms with E-state index in [1.807, 2.05) is 32.4 Å². The van der Waals surface area contributed by atoms with Gasteiger partial charge in [-0.3, -0.25) is 9.79 Å². The first-order valence-electron chi connectivity index (χ1n) is 9.58. The van der Waals surface area contributed by atoms with Crippen molar-refractivity contribution in [3.05, 3.63) is 11.6 Å². The van der Waals surface area contributed by atoms with E-state index in [9.17, 15) is 4.79 Å². The second kappa shape index (κ2) is 11.5. The van der Waals surface area contributed by atoms with Crippen LogP contribution in [0.5, 0.6) is 0 Å². The number of carbonyl (C=O) groups excluding carboxylic acids is 1. The molecule has 1 aliphatic heterocycles. The maximum atomic E-state index is 11.9. The summed E-state index contributed by atoms with van der Waals surface area (Å²) in [5.41, 5.74) is -0.383. The molecule has 1 aromatic rings. The van der Waals surface area contributed by atoms with Crippen molar-refractivity contribution in [1.82, 2.24) is 30.7 Å². The zero-order chi connectivity index (χ0) is 19.9. The van der Waals surface area contributed by atoms with Crippen LogP contribution in [-0.4, -0.2) is 59.4 Å². The number of nitrogens with zero attached hydrogens (tertiary/aromatic N) is 4. The van der Waals surface area contributed by atoms with Crippen molar-refractivity contribution in [2.75, 3.05) is 26.7 Å². The number of ether oxygens (including phenoxy) is 1. The molecule has 10 heteroatoms. The van der Waals surface area contributed by atoms with Crippen molar-refractivity contribution in [1.29, 1.82) is 0 Å². The van der Waals surface area contributed by atoms with Crippen molar-refractivity contribution in [3.63, 3.8) is 0 Å². The molecule has 0 spiro atoms. The number of halogens is 1. The summed E-state index contributed by atoms with van der Waals surface area (Å²) in [6.07, 6.45) is 1.84. The number of hydrogen-bond donors (Lipinski definition) is 3. The van der Waals surface area contributed by atoms with Crippen molar-refractivity contribution >= 4 is 35.8 Å². The van der Waals surface area contributed by atoms with E-state index < -0.39 is 0 Å². The summed E-state index contributed by atoms with van der Waals surface area (Å²) in [4.78, 5) is 21.0. The number of amides is 1. The lowest BCUT2D eigenvalue weighted by molar-refractivity contribution is -0.128. The summed E-state index contributed by atoms with van der Waals surface area (Å²) in [5.74, 6) is 2.52. The highest BCUT2D eigenvalue weighted by Crippen LogP contribution is 2.13. The number of aryl methyl sites for hydroxylation is 1. The Labute approximate surface area is 184 Å². The average molecular weight is 507 g/mol. The number of rotatable bonds is 7. The van der Waals surface area contributed by atoms with Crippen LogP contribution < -0.4 is 16.0 Å². The first-order valence-corrected chi connectivity index (χ1v) is 9.58. The van der Waals surface area contributed by atoms with Gasteiger partial charge in [-0.1, -0.05) is 20.8 Å². The predicted molar refractivity (Wildman–Crippen MR) is 120 cm³/mol. The molecule has 2 heterocycles. The summed E-state index contributed by atoms with van der Waals surface area (Å²) in [6.45, 7) is 10.7. The fourth-order valence-electron chi connectivity index (χ4n) is 2.78. The summed E-state index contributed by atoms with van der Waals surface area (Å²) < 4.78 is 7.06. The normalized spacial score (nSPS) is 16.8. The summed E-state index contributed by atoms with van der Waals surface area (Å²) in [7, 11) is 1.65. The number of carbonyl (C=O) groups is 1. The van der Waals surface area contributed by atoms with Gasteiger partial charge in [-0.15, -0.1) is 24.0 Å². The number of fused-ring (bicyclic) bond motifs is 1. The molecule has 2 rings (SSSR count). The summed E-state index contributed by atoms with van der Waals surface area (Å²) >= 11 is 0. The highest BCUT2D eigenvalue weighted by atomic mass is 127. The number of guanidine groups is 1. The fourth-order valence-corrected chi connectivity index (χ4v) is 2.78. The van der Waals surface area contributed by atoms with E-state index >= 15 is 0 Å². The standard InChI is InChI=1S/C18H33N7O2.HI/c1-6-19-17(21-10-9-20-16(26)18(2,3)4)22-13-7-8-15-23-14(12-27-5)24-25(15)11-13;/h13H,6-12H2,1-5H3,(H,20,26)(H2,19,21,22);1H. The molecule has 0 saturated carbocycles. The number of aliphatic imine (C=N–C) groups is 1. The maximum absolute atomic E-state index is 11.9. The van der Waals surface area contributed by atoms with Crippen LogP contribution in [0.2, 0.25) is 0 Å². The van der Waals surface area contributed by atoms with Crippen LogP contribution >= 0.6 is 24.0 Å². The molecule has 1 unspecified atom stereocenters. The molecule has 0 fully saturated rings. The summed E-state index contributed by atoms with van der Waals surface area (Å²) in [6, 6.07) is 0.233. The minimum Gasteiger partial charge on any atom is -0.377 e. The first kappa shape index (κ1) is 24.6. The number of nitrogens with one attached hydrogen (secondary N) is 3. The molecule has 3 N–H and O–H groups in total. The Morgan fingerprint density at radius 2 is 2.11 bits per heavy atom. The van der Waals surface area contributed by atoms with Gasteiger partial charge < -0.3 is 20.7 Å². The van der Waals surface area contributed by atoms with Gasteiger partial charge in [0.2, 0.25) is 5.91 Å². The molecule has 9 nitrogen and oxygen atoms in total. The molecule has 1 atom stereocenters. The van der Waals surface area contributed by atoms with Gasteiger partial charge >= 0.3 is 0 Å². The van der Waals surface area contributed by atoms with Crippen LogP contribution in [0.3, 0.4) is 0 Å². The molecule has 0 saturated heterocycles. The Balaban J connectivity index is 0.00000392. The van der Waals surface area contributed by atoms with Gasteiger partial charge in [0.05, 0.1) is 13.1 Å². The SMILES string of the molecule is CCNC(=NCCNC(=O)C(C)(C)C)NC1CCc2nc(COC)nn2C1.I. The van der Waals surface area contributed by atoms with E-state index in [-0.39, 0.29) is 41.3 Å². The monoisotopic (exact) mass is 507 g/mol. The lowest BCUT2D eigenvalue weighted by Gasteiger charge is -2.25. The Morgan fingerprint density at radius 3 is 2.75 bits per heavy atom. The van der Waals surface area contributed by atoms with E-state index in [4.69, 9.17) is 4.74 Å². The van der Waals surface area contributed by atoms with Crippen LogP contribution in [-0.2, 0) is 29.1 Å². The molecule has 0 bridgehead atoms. The lowest BCUT2D eigenvalue weighted by Crippen LogP contribution is -2.47. The molecule has 0 aromatic carbocycles. The third-order valence-electron chi connectivity index (χ3n) is 4.21. The van der Waals surface area contributed by atoms with Crippen LogP contribution in [0.25, 0.3) is 0 Å². The van der Waals surface area contributed by atoms with Crippen LogP contribution in [0.4, 0.5) is 0 Å². The number of methoxy groups -OCH3 is 1. The average Bonchev–Trinajstić information content (AvgIpc) is 2.99. The minimum atomic E-state index is -0.383. The zero-order valence-corrected chi connectivity index (χ0v) is 19.9. The maximum Gasteiger partial charge on any atom is 0.225 e. The predicted octanol–water partition coefficient (Wildman–Crippen LogP) is 1.07. The molecule has 28 heavy (non-hydrogen) atoms.